The predicted molar refractivity (Wildman–Crippen MR) is 91.2 cm³/mol. The van der Waals surface area contributed by atoms with E-state index in [2.05, 4.69) is 33.9 Å². The van der Waals surface area contributed by atoms with Gasteiger partial charge in [-0.3, -0.25) is 4.79 Å². The van der Waals surface area contributed by atoms with E-state index in [4.69, 9.17) is 0 Å². The van der Waals surface area contributed by atoms with E-state index in [0.29, 0.717) is 23.9 Å². The summed E-state index contributed by atoms with van der Waals surface area (Å²) in [6.07, 6.45) is 11.3. The molecule has 1 amide bonds. The molecule has 2 aromatic rings. The first kappa shape index (κ1) is 14.7. The smallest absolute Gasteiger partial charge is 0.223 e. The minimum atomic E-state index is 0.388. The summed E-state index contributed by atoms with van der Waals surface area (Å²) in [7, 11) is 0. The zero-order valence-electron chi connectivity index (χ0n) is 13.8. The van der Waals surface area contributed by atoms with Crippen LogP contribution in [-0.2, 0) is 4.79 Å². The van der Waals surface area contributed by atoms with E-state index in [9.17, 15) is 4.79 Å². The van der Waals surface area contributed by atoms with Crippen molar-refractivity contribution in [2.75, 3.05) is 0 Å². The number of fused-ring (bicyclic) bond motifs is 3. The molecule has 4 heteroatoms. The molecule has 4 rings (SSSR count). The summed E-state index contributed by atoms with van der Waals surface area (Å²) in [5.74, 6) is 0.948. The van der Waals surface area contributed by atoms with Crippen LogP contribution in [-0.4, -0.2) is 32.9 Å². The van der Waals surface area contributed by atoms with E-state index >= 15 is 0 Å². The first-order valence-electron chi connectivity index (χ1n) is 9.01. The molecule has 23 heavy (non-hydrogen) atoms. The topological polar surface area (TPSA) is 49.0 Å². The van der Waals surface area contributed by atoms with Crippen molar-refractivity contribution in [2.45, 2.75) is 69.9 Å². The molecule has 2 aromatic heterocycles. The lowest BCUT2D eigenvalue weighted by molar-refractivity contribution is -0.135. The Balaban J connectivity index is 1.55. The highest BCUT2D eigenvalue weighted by Crippen LogP contribution is 2.44. The van der Waals surface area contributed by atoms with Crippen LogP contribution in [0.4, 0.5) is 0 Å². The van der Waals surface area contributed by atoms with Gasteiger partial charge < -0.3 is 9.88 Å². The second-order valence-electron chi connectivity index (χ2n) is 7.10. The van der Waals surface area contributed by atoms with Crippen LogP contribution in [0.15, 0.2) is 24.5 Å². The van der Waals surface area contributed by atoms with Gasteiger partial charge in [0, 0.05) is 36.3 Å². The van der Waals surface area contributed by atoms with E-state index in [1.807, 2.05) is 12.4 Å². The minimum Gasteiger partial charge on any atom is -0.346 e. The Morgan fingerprint density at radius 1 is 1.30 bits per heavy atom. The van der Waals surface area contributed by atoms with Gasteiger partial charge in [-0.15, -0.1) is 0 Å². The van der Waals surface area contributed by atoms with Gasteiger partial charge in [0.15, 0.2) is 0 Å². The van der Waals surface area contributed by atoms with E-state index < -0.39 is 0 Å². The maximum Gasteiger partial charge on any atom is 0.223 e. The fourth-order valence-corrected chi connectivity index (χ4v) is 4.63. The summed E-state index contributed by atoms with van der Waals surface area (Å²) in [4.78, 5) is 22.4. The SMILES string of the molecule is CCCCC(=O)N1C2CCC1CC(c1ccnc3[nH]ccc13)C2. The largest absolute Gasteiger partial charge is 0.346 e. The fourth-order valence-electron chi connectivity index (χ4n) is 4.63. The molecule has 2 bridgehead atoms. The van der Waals surface area contributed by atoms with Crippen LogP contribution in [0.2, 0.25) is 0 Å². The molecule has 0 aromatic carbocycles. The number of aromatic nitrogens is 2. The number of unbranched alkanes of at least 4 members (excludes halogenated alkanes) is 1. The molecule has 2 atom stereocenters. The number of hydrogen-bond acceptors (Lipinski definition) is 2. The maximum atomic E-state index is 12.5. The molecule has 122 valence electrons. The van der Waals surface area contributed by atoms with Crippen molar-refractivity contribution >= 4 is 16.9 Å². The molecule has 2 aliphatic rings. The lowest BCUT2D eigenvalue weighted by Crippen LogP contribution is -2.46. The molecule has 0 radical (unpaired) electrons. The Morgan fingerprint density at radius 3 is 2.83 bits per heavy atom. The van der Waals surface area contributed by atoms with Gasteiger partial charge in [-0.2, -0.15) is 0 Å². The van der Waals surface area contributed by atoms with Crippen molar-refractivity contribution < 1.29 is 4.79 Å². The van der Waals surface area contributed by atoms with Gasteiger partial charge in [0.2, 0.25) is 5.91 Å². The average molecular weight is 311 g/mol. The summed E-state index contributed by atoms with van der Waals surface area (Å²) in [5.41, 5.74) is 2.39. The number of aromatic amines is 1. The van der Waals surface area contributed by atoms with Crippen LogP contribution in [0.1, 0.15) is 63.4 Å². The molecular weight excluding hydrogens is 286 g/mol. The molecule has 0 aliphatic carbocycles. The van der Waals surface area contributed by atoms with Gasteiger partial charge in [-0.1, -0.05) is 13.3 Å². The van der Waals surface area contributed by atoms with Gasteiger partial charge in [0.25, 0.3) is 0 Å². The maximum absolute atomic E-state index is 12.5. The number of pyridine rings is 1. The number of nitrogens with one attached hydrogen (secondary N) is 1. The number of amides is 1. The van der Waals surface area contributed by atoms with Gasteiger partial charge in [-0.05, 0) is 55.7 Å². The summed E-state index contributed by atoms with van der Waals surface area (Å²) >= 11 is 0. The van der Waals surface area contributed by atoms with Crippen LogP contribution in [0.25, 0.3) is 11.0 Å². The summed E-state index contributed by atoms with van der Waals surface area (Å²) in [5, 5.41) is 1.25. The third-order valence-electron chi connectivity index (χ3n) is 5.70. The Bertz CT molecular complexity index is 693. The third kappa shape index (κ3) is 2.54. The van der Waals surface area contributed by atoms with Crippen molar-refractivity contribution in [1.29, 1.82) is 0 Å². The van der Waals surface area contributed by atoms with Gasteiger partial charge in [-0.25, -0.2) is 4.98 Å². The van der Waals surface area contributed by atoms with Crippen molar-refractivity contribution in [1.82, 2.24) is 14.9 Å². The Labute approximate surface area is 137 Å². The quantitative estimate of drug-likeness (QED) is 0.928. The van der Waals surface area contributed by atoms with Gasteiger partial charge in [0.05, 0.1) is 0 Å². The van der Waals surface area contributed by atoms with Crippen molar-refractivity contribution in [2.24, 2.45) is 0 Å². The normalized spacial score (nSPS) is 26.8. The molecule has 0 saturated carbocycles. The number of rotatable bonds is 4. The Kier molecular flexibility index (Phi) is 3.83. The molecule has 4 nitrogen and oxygen atoms in total. The lowest BCUT2D eigenvalue weighted by Gasteiger charge is -2.39. The monoisotopic (exact) mass is 311 g/mol. The average Bonchev–Trinajstić information content (AvgIpc) is 3.14. The summed E-state index contributed by atoms with van der Waals surface area (Å²) < 4.78 is 0. The second kappa shape index (κ2) is 5.99. The van der Waals surface area contributed by atoms with Crippen molar-refractivity contribution in [3.63, 3.8) is 0 Å². The van der Waals surface area contributed by atoms with Crippen LogP contribution in [0.3, 0.4) is 0 Å². The van der Waals surface area contributed by atoms with Gasteiger partial charge in [0.1, 0.15) is 5.65 Å². The van der Waals surface area contributed by atoms with Crippen LogP contribution >= 0.6 is 0 Å². The number of carbonyl (C=O) groups is 1. The Morgan fingerprint density at radius 2 is 2.09 bits per heavy atom. The molecule has 2 fully saturated rings. The zero-order valence-corrected chi connectivity index (χ0v) is 13.8. The van der Waals surface area contributed by atoms with Gasteiger partial charge >= 0.3 is 0 Å². The van der Waals surface area contributed by atoms with E-state index in [-0.39, 0.29) is 0 Å². The first-order chi connectivity index (χ1) is 11.3. The number of carbonyl (C=O) groups excluding carboxylic acids is 1. The van der Waals surface area contributed by atoms with E-state index in [1.54, 1.807) is 0 Å². The number of piperidine rings is 1. The fraction of sp³-hybridized carbons (Fsp3) is 0.579. The van der Waals surface area contributed by atoms with Crippen molar-refractivity contribution in [3.05, 3.63) is 30.1 Å². The number of nitrogens with zero attached hydrogens (tertiary/aromatic N) is 2. The Hall–Kier alpha value is -1.84. The number of H-pyrrole nitrogens is 1. The lowest BCUT2D eigenvalue weighted by atomic mass is 9.84. The molecule has 2 saturated heterocycles. The summed E-state index contributed by atoms with van der Waals surface area (Å²) in [6, 6.07) is 5.21. The highest BCUT2D eigenvalue weighted by atomic mass is 16.2. The summed E-state index contributed by atoms with van der Waals surface area (Å²) in [6.45, 7) is 2.15. The molecular formula is C19H25N3O. The standard InChI is InChI=1S/C19H25N3O/c1-2-3-4-18(23)22-14-5-6-15(22)12-13(11-14)16-7-9-20-19-17(16)8-10-21-19/h7-10,13-15H,2-6,11-12H2,1H3,(H,20,21). The molecule has 2 aliphatic heterocycles. The molecule has 4 heterocycles. The van der Waals surface area contributed by atoms with Crippen LogP contribution in [0.5, 0.6) is 0 Å². The van der Waals surface area contributed by atoms with Crippen LogP contribution < -0.4 is 0 Å². The van der Waals surface area contributed by atoms with Crippen LogP contribution in [0, 0.1) is 0 Å². The highest BCUT2D eigenvalue weighted by Gasteiger charge is 2.43. The molecule has 2 unspecified atom stereocenters. The van der Waals surface area contributed by atoms with E-state index in [0.717, 1.165) is 37.8 Å². The minimum absolute atomic E-state index is 0.388. The predicted octanol–water partition coefficient (Wildman–Crippen LogP) is 3.99. The number of hydrogen-bond donors (Lipinski definition) is 1. The third-order valence-corrected chi connectivity index (χ3v) is 5.70. The highest BCUT2D eigenvalue weighted by molar-refractivity contribution is 5.80. The second-order valence-corrected chi connectivity index (χ2v) is 7.10. The molecule has 0 spiro atoms. The van der Waals surface area contributed by atoms with E-state index in [1.165, 1.54) is 23.8 Å². The first-order valence-corrected chi connectivity index (χ1v) is 9.01. The van der Waals surface area contributed by atoms with Crippen molar-refractivity contribution in [3.8, 4) is 0 Å². The zero-order chi connectivity index (χ0) is 15.8. The molecule has 1 N–H and O–H groups in total.